The maximum Gasteiger partial charge on any atom is 0.342 e. The Kier molecular flexibility index (Phi) is 2.20. The van der Waals surface area contributed by atoms with Crippen molar-refractivity contribution in [1.29, 1.82) is 0 Å². The Morgan fingerprint density at radius 1 is 1.47 bits per heavy atom. The molecule has 0 amide bonds. The van der Waals surface area contributed by atoms with E-state index in [2.05, 4.69) is 14.7 Å². The molecule has 0 bridgehead atoms. The molecule has 5 nitrogen and oxygen atoms in total. The van der Waals surface area contributed by atoms with Gasteiger partial charge in [-0.2, -0.15) is 0 Å². The lowest BCUT2D eigenvalue weighted by atomic mass is 10.1. The smallest absolute Gasteiger partial charge is 0.342 e. The van der Waals surface area contributed by atoms with Crippen LogP contribution in [0.2, 0.25) is 0 Å². The zero-order valence-electron chi connectivity index (χ0n) is 7.85. The number of esters is 1. The van der Waals surface area contributed by atoms with Crippen molar-refractivity contribution in [2.24, 2.45) is 9.98 Å². The average Bonchev–Trinajstić information content (AvgIpc) is 2.57. The van der Waals surface area contributed by atoms with Gasteiger partial charge in [-0.3, -0.25) is 0 Å². The van der Waals surface area contributed by atoms with Crippen LogP contribution in [0, 0.1) is 0 Å². The number of carbonyl (C=O) groups excluding carboxylic acids is 1. The molecule has 76 valence electrons. The maximum absolute atomic E-state index is 11.5. The highest BCUT2D eigenvalue weighted by Gasteiger charge is 2.16. The number of nitrogens with zero attached hydrogens (tertiary/aromatic N) is 2. The SMILES string of the molecule is COC(=O)c1c(N)ccc2c1=NC(=S)N=2. The molecule has 0 saturated carbocycles. The fourth-order valence-electron chi connectivity index (χ4n) is 1.34. The monoisotopic (exact) mass is 221 g/mol. The maximum atomic E-state index is 11.5. The van der Waals surface area contributed by atoms with E-state index in [1.807, 2.05) is 0 Å². The topological polar surface area (TPSA) is 77.0 Å². The number of hydrogen-bond donors (Lipinski definition) is 1. The molecule has 1 heterocycles. The number of anilines is 1. The number of carbonyl (C=O) groups is 1. The molecule has 15 heavy (non-hydrogen) atoms. The second-order valence-electron chi connectivity index (χ2n) is 2.90. The Morgan fingerprint density at radius 2 is 2.20 bits per heavy atom. The van der Waals surface area contributed by atoms with E-state index < -0.39 is 5.97 Å². The number of methoxy groups -OCH3 is 1. The van der Waals surface area contributed by atoms with Crippen LogP contribution in [0.25, 0.3) is 0 Å². The number of fused-ring (bicyclic) bond motifs is 1. The highest BCUT2D eigenvalue weighted by Crippen LogP contribution is 2.06. The number of ether oxygens (including phenoxy) is 1. The quantitative estimate of drug-likeness (QED) is 0.397. The van der Waals surface area contributed by atoms with Crippen molar-refractivity contribution >= 4 is 29.0 Å². The fourth-order valence-corrected chi connectivity index (χ4v) is 1.53. The normalized spacial score (nSPS) is 12.7. The summed E-state index contributed by atoms with van der Waals surface area (Å²) >= 11 is 4.82. The number of nitrogen functional groups attached to an aromatic ring is 1. The highest BCUT2D eigenvalue weighted by molar-refractivity contribution is 7.80. The van der Waals surface area contributed by atoms with Gasteiger partial charge in [0.2, 0.25) is 5.11 Å². The van der Waals surface area contributed by atoms with Crippen LogP contribution < -0.4 is 16.4 Å². The molecule has 2 N–H and O–H groups in total. The molecule has 0 aliphatic carbocycles. The standard InChI is InChI=1S/C9H7N3O2S/c1-14-8(13)6-4(10)2-3-5-7(6)12-9(15)11-5/h2-3H,10H2,1H3. The number of nitrogens with two attached hydrogens (primary N) is 1. The van der Waals surface area contributed by atoms with E-state index in [1.54, 1.807) is 12.1 Å². The van der Waals surface area contributed by atoms with Gasteiger partial charge in [0.25, 0.3) is 0 Å². The molecule has 0 fully saturated rings. The van der Waals surface area contributed by atoms with Gasteiger partial charge in [0.1, 0.15) is 10.9 Å². The largest absolute Gasteiger partial charge is 0.465 e. The predicted molar refractivity (Wildman–Crippen MR) is 57.1 cm³/mol. The highest BCUT2D eigenvalue weighted by atomic mass is 32.1. The average molecular weight is 221 g/mol. The van der Waals surface area contributed by atoms with Crippen molar-refractivity contribution < 1.29 is 9.53 Å². The van der Waals surface area contributed by atoms with E-state index in [1.165, 1.54) is 7.11 Å². The van der Waals surface area contributed by atoms with Crippen molar-refractivity contribution in [1.82, 2.24) is 0 Å². The summed E-state index contributed by atoms with van der Waals surface area (Å²) in [5.41, 5.74) is 6.20. The molecule has 1 aliphatic heterocycles. The Labute approximate surface area is 90.3 Å². The lowest BCUT2D eigenvalue weighted by Crippen LogP contribution is -2.30. The summed E-state index contributed by atoms with van der Waals surface area (Å²) in [6.07, 6.45) is 0. The van der Waals surface area contributed by atoms with Gasteiger partial charge in [-0.1, -0.05) is 0 Å². The third-order valence-corrected chi connectivity index (χ3v) is 2.18. The Balaban J connectivity index is 2.83. The molecule has 6 heteroatoms. The molecule has 0 spiro atoms. The Bertz CT molecular complexity index is 580. The summed E-state index contributed by atoms with van der Waals surface area (Å²) in [7, 11) is 1.28. The van der Waals surface area contributed by atoms with Gasteiger partial charge in [-0.15, -0.1) is 0 Å². The molecule has 0 unspecified atom stereocenters. The Morgan fingerprint density at radius 3 is 2.87 bits per heavy atom. The zero-order chi connectivity index (χ0) is 11.0. The zero-order valence-corrected chi connectivity index (χ0v) is 8.67. The predicted octanol–water partition coefficient (Wildman–Crippen LogP) is -0.407. The van der Waals surface area contributed by atoms with Gasteiger partial charge < -0.3 is 10.5 Å². The first kappa shape index (κ1) is 9.72. The summed E-state index contributed by atoms with van der Waals surface area (Å²) < 4.78 is 4.61. The summed E-state index contributed by atoms with van der Waals surface area (Å²) in [4.78, 5) is 19.4. The van der Waals surface area contributed by atoms with Gasteiger partial charge in [-0.25, -0.2) is 14.8 Å². The molecular weight excluding hydrogens is 214 g/mol. The number of benzene rings is 1. The van der Waals surface area contributed by atoms with E-state index in [4.69, 9.17) is 18.0 Å². The lowest BCUT2D eigenvalue weighted by Gasteiger charge is -2.01. The third-order valence-electron chi connectivity index (χ3n) is 2.00. The number of hydrogen-bond acceptors (Lipinski definition) is 4. The van der Waals surface area contributed by atoms with E-state index in [-0.39, 0.29) is 10.7 Å². The van der Waals surface area contributed by atoms with Gasteiger partial charge >= 0.3 is 5.97 Å². The van der Waals surface area contributed by atoms with Gasteiger partial charge in [0.15, 0.2) is 0 Å². The van der Waals surface area contributed by atoms with Crippen LogP contribution in [0.5, 0.6) is 0 Å². The van der Waals surface area contributed by atoms with Crippen LogP contribution in [0.3, 0.4) is 0 Å². The summed E-state index contributed by atoms with van der Waals surface area (Å²) in [6.45, 7) is 0. The van der Waals surface area contributed by atoms with Crippen molar-refractivity contribution in [3.8, 4) is 0 Å². The molecule has 2 rings (SSSR count). The van der Waals surface area contributed by atoms with Crippen LogP contribution in [0.15, 0.2) is 22.1 Å². The molecule has 0 saturated heterocycles. The minimum atomic E-state index is -0.534. The van der Waals surface area contributed by atoms with Crippen LogP contribution in [0.1, 0.15) is 10.4 Å². The Hall–Kier alpha value is -1.82. The molecule has 0 aromatic heterocycles. The number of rotatable bonds is 1. The summed E-state index contributed by atoms with van der Waals surface area (Å²) in [5.74, 6) is -0.534. The van der Waals surface area contributed by atoms with Gasteiger partial charge in [0.05, 0.1) is 12.5 Å². The van der Waals surface area contributed by atoms with Crippen LogP contribution in [0.4, 0.5) is 5.69 Å². The molecule has 1 aromatic rings. The number of thiocarbonyl (C=S) groups is 1. The van der Waals surface area contributed by atoms with Crippen LogP contribution in [-0.4, -0.2) is 18.2 Å². The molecule has 1 aromatic carbocycles. The van der Waals surface area contributed by atoms with E-state index in [9.17, 15) is 4.79 Å². The van der Waals surface area contributed by atoms with Crippen molar-refractivity contribution in [2.75, 3.05) is 12.8 Å². The summed E-state index contributed by atoms with van der Waals surface area (Å²) in [5, 5.41) is 1.14. The molecular formula is C9H7N3O2S. The first-order chi connectivity index (χ1) is 7.13. The van der Waals surface area contributed by atoms with Gasteiger partial charge in [0, 0.05) is 5.69 Å². The van der Waals surface area contributed by atoms with E-state index >= 15 is 0 Å². The second kappa shape index (κ2) is 3.39. The van der Waals surface area contributed by atoms with Crippen LogP contribution >= 0.6 is 12.2 Å². The first-order valence-electron chi connectivity index (χ1n) is 4.11. The lowest BCUT2D eigenvalue weighted by molar-refractivity contribution is 0.0600. The molecule has 0 atom stereocenters. The van der Waals surface area contributed by atoms with E-state index in [0.717, 1.165) is 0 Å². The molecule has 1 aliphatic rings. The van der Waals surface area contributed by atoms with Crippen molar-refractivity contribution in [3.63, 3.8) is 0 Å². The van der Waals surface area contributed by atoms with Crippen molar-refractivity contribution in [3.05, 3.63) is 28.4 Å². The minimum absolute atomic E-state index is 0.195. The van der Waals surface area contributed by atoms with E-state index in [0.29, 0.717) is 16.4 Å². The fraction of sp³-hybridized carbons (Fsp3) is 0.111. The second-order valence-corrected chi connectivity index (χ2v) is 3.26. The third kappa shape index (κ3) is 1.48. The van der Waals surface area contributed by atoms with Crippen LogP contribution in [-0.2, 0) is 4.74 Å². The van der Waals surface area contributed by atoms with Crippen molar-refractivity contribution in [2.45, 2.75) is 0 Å². The first-order valence-corrected chi connectivity index (χ1v) is 4.52. The minimum Gasteiger partial charge on any atom is -0.465 e. The molecule has 0 radical (unpaired) electrons. The van der Waals surface area contributed by atoms with Gasteiger partial charge in [-0.05, 0) is 24.4 Å². The summed E-state index contributed by atoms with van der Waals surface area (Å²) in [6, 6.07) is 3.25.